The Morgan fingerprint density at radius 2 is 1.81 bits per heavy atom. The molecule has 1 aromatic rings. The molecule has 9 nitrogen and oxygen atoms in total. The third kappa shape index (κ3) is 7.08. The number of carbonyl (C=O) groups is 3. The van der Waals surface area contributed by atoms with E-state index in [1.54, 1.807) is 0 Å². The van der Waals surface area contributed by atoms with Crippen LogP contribution in [-0.2, 0) is 20.8 Å². The van der Waals surface area contributed by atoms with Crippen molar-refractivity contribution in [2.45, 2.75) is 39.2 Å². The maximum Gasteiger partial charge on any atom is 0.422 e. The molecule has 144 valence electrons. The molecule has 0 heterocycles. The zero-order valence-corrected chi connectivity index (χ0v) is 14.9. The molecule has 0 fully saturated rings. The number of hydroxylamine groups is 2. The predicted octanol–water partition coefficient (Wildman–Crippen LogP) is 1.56. The van der Waals surface area contributed by atoms with E-state index in [-0.39, 0.29) is 24.5 Å². The second-order valence-electron chi connectivity index (χ2n) is 6.53. The Morgan fingerprint density at radius 3 is 2.35 bits per heavy atom. The molecule has 9 heteroatoms. The molecular weight excluding hydrogens is 346 g/mol. The average Bonchev–Trinajstić information content (AvgIpc) is 2.51. The molecule has 3 N–H and O–H groups in total. The van der Waals surface area contributed by atoms with Gasteiger partial charge in [0.1, 0.15) is 11.5 Å². The van der Waals surface area contributed by atoms with E-state index in [1.807, 2.05) is 20.8 Å². The molecule has 0 amide bonds. The van der Waals surface area contributed by atoms with Crippen molar-refractivity contribution in [1.82, 2.24) is 5.06 Å². The Morgan fingerprint density at radius 1 is 1.15 bits per heavy atom. The molecule has 26 heavy (non-hydrogen) atoms. The first-order valence-corrected chi connectivity index (χ1v) is 7.90. The number of benzene rings is 1. The maximum atomic E-state index is 11.1. The van der Waals surface area contributed by atoms with Crippen LogP contribution in [0.3, 0.4) is 0 Å². The van der Waals surface area contributed by atoms with Gasteiger partial charge in [0, 0.05) is 23.7 Å². The molecule has 0 aliphatic rings. The highest BCUT2D eigenvalue weighted by Gasteiger charge is 2.19. The first-order chi connectivity index (χ1) is 12.0. The normalized spacial score (nSPS) is 11.3. The molecule has 0 aliphatic carbocycles. The molecule has 0 aliphatic heterocycles. The zero-order valence-electron chi connectivity index (χ0n) is 14.9. The van der Waals surface area contributed by atoms with Crippen LogP contribution < -0.4 is 9.47 Å². The number of esters is 1. The van der Waals surface area contributed by atoms with Crippen molar-refractivity contribution in [3.63, 3.8) is 0 Å². The van der Waals surface area contributed by atoms with Crippen LogP contribution in [0.2, 0.25) is 0 Å². The monoisotopic (exact) mass is 369 g/mol. The number of aliphatic carboxylic acids is 2. The molecule has 0 saturated heterocycles. The lowest BCUT2D eigenvalue weighted by Gasteiger charge is -2.29. The van der Waals surface area contributed by atoms with Crippen molar-refractivity contribution in [3.05, 3.63) is 23.8 Å². The minimum atomic E-state index is -1.74. The van der Waals surface area contributed by atoms with Crippen molar-refractivity contribution in [2.75, 3.05) is 13.2 Å². The van der Waals surface area contributed by atoms with Crippen LogP contribution in [0.25, 0.3) is 0 Å². The number of carboxylic acids is 2. The molecule has 0 aromatic heterocycles. The Balaban J connectivity index is 2.79. The summed E-state index contributed by atoms with van der Waals surface area (Å²) >= 11 is 0. The van der Waals surface area contributed by atoms with Crippen molar-refractivity contribution in [2.24, 2.45) is 0 Å². The first-order valence-electron chi connectivity index (χ1n) is 7.90. The number of nitrogens with zero attached hydrogens (tertiary/aromatic N) is 1. The lowest BCUT2D eigenvalue weighted by Crippen LogP contribution is -2.39. The van der Waals surface area contributed by atoms with E-state index in [9.17, 15) is 19.6 Å². The van der Waals surface area contributed by atoms with Crippen molar-refractivity contribution >= 4 is 17.9 Å². The molecule has 0 unspecified atom stereocenters. The molecule has 0 spiro atoms. The van der Waals surface area contributed by atoms with E-state index < -0.39 is 23.4 Å². The van der Waals surface area contributed by atoms with E-state index >= 15 is 0 Å². The first kappa shape index (κ1) is 21.4. The summed E-state index contributed by atoms with van der Waals surface area (Å²) in [6, 6.07) is 3.95. The summed E-state index contributed by atoms with van der Waals surface area (Å²) in [5.74, 6) is -4.17. The molecule has 1 aromatic carbocycles. The summed E-state index contributed by atoms with van der Waals surface area (Å²) in [7, 11) is 0. The molecule has 0 atom stereocenters. The Bertz CT molecular complexity index is 665. The summed E-state index contributed by atoms with van der Waals surface area (Å²) in [5.41, 5.74) is -0.0660. The number of hydrogen-bond donors (Lipinski definition) is 3. The van der Waals surface area contributed by atoms with Gasteiger partial charge in [0.2, 0.25) is 0 Å². The van der Waals surface area contributed by atoms with Crippen molar-refractivity contribution < 1.29 is 39.3 Å². The molecule has 1 rings (SSSR count). The zero-order chi connectivity index (χ0) is 19.9. The van der Waals surface area contributed by atoms with E-state index in [0.29, 0.717) is 18.5 Å². The van der Waals surface area contributed by atoms with Gasteiger partial charge in [-0.05, 0) is 33.3 Å². The van der Waals surface area contributed by atoms with Gasteiger partial charge in [-0.3, -0.25) is 4.79 Å². The maximum absolute atomic E-state index is 11.1. The number of carboxylic acid groups (broad SMARTS) is 2. The Labute approximate surface area is 150 Å². The van der Waals surface area contributed by atoms with Crippen LogP contribution in [0.4, 0.5) is 0 Å². The van der Waals surface area contributed by atoms with E-state index in [1.165, 1.54) is 23.3 Å². The summed E-state index contributed by atoms with van der Waals surface area (Å²) in [6.07, 6.45) is 0.149. The summed E-state index contributed by atoms with van der Waals surface area (Å²) in [6.45, 7) is 6.05. The van der Waals surface area contributed by atoms with Gasteiger partial charge < -0.3 is 24.9 Å². The van der Waals surface area contributed by atoms with Crippen LogP contribution in [0, 0.1) is 0 Å². The standard InChI is InChI=1S/C17H23NO8/c1-17(2,3)18(24)7-4-8-25-13-10-12(26-16(23)15(21)22)6-5-11(13)9-14(19)20/h5-6,10,24H,4,7-9H2,1-3H3,(H,19,20)(H,21,22). The van der Waals surface area contributed by atoms with Crippen molar-refractivity contribution in [3.8, 4) is 11.5 Å². The smallest absolute Gasteiger partial charge is 0.422 e. The van der Waals surface area contributed by atoms with Gasteiger partial charge in [0.05, 0.1) is 13.0 Å². The number of carbonyl (C=O) groups excluding carboxylic acids is 1. The van der Waals surface area contributed by atoms with E-state index in [0.717, 1.165) is 0 Å². The topological polar surface area (TPSA) is 134 Å². The van der Waals surface area contributed by atoms with Crippen LogP contribution in [0.15, 0.2) is 18.2 Å². The molecular formula is C17H23NO8. The van der Waals surface area contributed by atoms with Crippen LogP contribution in [0.5, 0.6) is 11.5 Å². The number of hydrogen-bond acceptors (Lipinski definition) is 7. The second-order valence-corrected chi connectivity index (χ2v) is 6.53. The predicted molar refractivity (Wildman–Crippen MR) is 89.4 cm³/mol. The Kier molecular flexibility index (Phi) is 7.54. The SMILES string of the molecule is CC(C)(C)N(O)CCCOc1cc(OC(=O)C(=O)O)ccc1CC(=O)O. The highest BCUT2D eigenvalue weighted by Crippen LogP contribution is 2.26. The van der Waals surface area contributed by atoms with Gasteiger partial charge in [-0.15, -0.1) is 0 Å². The van der Waals surface area contributed by atoms with E-state index in [4.69, 9.17) is 14.9 Å². The average molecular weight is 369 g/mol. The largest absolute Gasteiger partial charge is 0.493 e. The minimum Gasteiger partial charge on any atom is -0.493 e. The van der Waals surface area contributed by atoms with Crippen LogP contribution >= 0.6 is 0 Å². The Hall–Kier alpha value is -2.65. The molecule has 0 bridgehead atoms. The molecule has 0 saturated carbocycles. The fraction of sp³-hybridized carbons (Fsp3) is 0.471. The number of rotatable bonds is 8. The summed E-state index contributed by atoms with van der Waals surface area (Å²) in [4.78, 5) is 32.6. The summed E-state index contributed by atoms with van der Waals surface area (Å²) < 4.78 is 10.2. The van der Waals surface area contributed by atoms with Gasteiger partial charge in [0.15, 0.2) is 0 Å². The minimum absolute atomic E-state index is 0.0694. The van der Waals surface area contributed by atoms with Gasteiger partial charge in [-0.2, -0.15) is 5.06 Å². The quantitative estimate of drug-likeness (QED) is 0.205. The van der Waals surface area contributed by atoms with Crippen LogP contribution in [0.1, 0.15) is 32.8 Å². The fourth-order valence-corrected chi connectivity index (χ4v) is 1.92. The summed E-state index contributed by atoms with van der Waals surface area (Å²) in [5, 5.41) is 28.5. The van der Waals surface area contributed by atoms with E-state index in [2.05, 4.69) is 4.74 Å². The third-order valence-electron chi connectivity index (χ3n) is 3.31. The van der Waals surface area contributed by atoms with Gasteiger partial charge in [-0.1, -0.05) is 6.07 Å². The number of ether oxygens (including phenoxy) is 2. The van der Waals surface area contributed by atoms with Gasteiger partial charge in [0.25, 0.3) is 0 Å². The van der Waals surface area contributed by atoms with Gasteiger partial charge in [-0.25, -0.2) is 9.59 Å². The lowest BCUT2D eigenvalue weighted by molar-refractivity contribution is -0.158. The lowest BCUT2D eigenvalue weighted by atomic mass is 10.1. The second kappa shape index (κ2) is 9.16. The highest BCUT2D eigenvalue weighted by atomic mass is 16.6. The fourth-order valence-electron chi connectivity index (χ4n) is 1.92. The van der Waals surface area contributed by atoms with Crippen LogP contribution in [-0.4, -0.2) is 57.1 Å². The van der Waals surface area contributed by atoms with Gasteiger partial charge >= 0.3 is 17.9 Å². The molecule has 0 radical (unpaired) electrons. The highest BCUT2D eigenvalue weighted by molar-refractivity contribution is 6.29. The third-order valence-corrected chi connectivity index (χ3v) is 3.31. The van der Waals surface area contributed by atoms with Crippen molar-refractivity contribution in [1.29, 1.82) is 0 Å².